The molecule has 2 rings (SSSR count). The molecule has 0 saturated heterocycles. The van der Waals surface area contributed by atoms with E-state index in [0.29, 0.717) is 0 Å². The molecule has 0 aromatic carbocycles. The SMILES string of the molecule is Cc1nc(CCNC2CCCCCC2)n[nH]1. The van der Waals surface area contributed by atoms with Gasteiger partial charge in [0.2, 0.25) is 0 Å². The van der Waals surface area contributed by atoms with Gasteiger partial charge in [-0.05, 0) is 19.8 Å². The molecule has 1 aromatic rings. The summed E-state index contributed by atoms with van der Waals surface area (Å²) in [6.45, 7) is 2.94. The van der Waals surface area contributed by atoms with Gasteiger partial charge in [0.05, 0.1) is 0 Å². The van der Waals surface area contributed by atoms with Crippen LogP contribution in [0.5, 0.6) is 0 Å². The summed E-state index contributed by atoms with van der Waals surface area (Å²) in [6, 6.07) is 0.725. The zero-order valence-corrected chi connectivity index (χ0v) is 10.1. The lowest BCUT2D eigenvalue weighted by atomic mass is 10.1. The van der Waals surface area contributed by atoms with Crippen LogP contribution in [0.3, 0.4) is 0 Å². The fraction of sp³-hybridized carbons (Fsp3) is 0.833. The molecule has 90 valence electrons. The van der Waals surface area contributed by atoms with Crippen LogP contribution < -0.4 is 5.32 Å². The van der Waals surface area contributed by atoms with Gasteiger partial charge < -0.3 is 5.32 Å². The van der Waals surface area contributed by atoms with Crippen molar-refractivity contribution in [1.29, 1.82) is 0 Å². The predicted molar refractivity (Wildman–Crippen MR) is 64.3 cm³/mol. The first kappa shape index (κ1) is 11.6. The number of nitrogens with one attached hydrogen (secondary N) is 2. The summed E-state index contributed by atoms with van der Waals surface area (Å²) in [4.78, 5) is 4.31. The van der Waals surface area contributed by atoms with Crippen LogP contribution in [-0.2, 0) is 6.42 Å². The second-order valence-corrected chi connectivity index (χ2v) is 4.73. The van der Waals surface area contributed by atoms with E-state index < -0.39 is 0 Å². The Balaban J connectivity index is 1.67. The van der Waals surface area contributed by atoms with Gasteiger partial charge in [0.15, 0.2) is 5.82 Å². The fourth-order valence-corrected chi connectivity index (χ4v) is 2.37. The number of hydrogen-bond donors (Lipinski definition) is 2. The second kappa shape index (κ2) is 5.99. The van der Waals surface area contributed by atoms with Crippen LogP contribution >= 0.6 is 0 Å². The van der Waals surface area contributed by atoms with Gasteiger partial charge >= 0.3 is 0 Å². The van der Waals surface area contributed by atoms with Crippen molar-refractivity contribution in [1.82, 2.24) is 20.5 Å². The third-order valence-electron chi connectivity index (χ3n) is 3.28. The van der Waals surface area contributed by atoms with E-state index in [1.807, 2.05) is 6.92 Å². The van der Waals surface area contributed by atoms with Gasteiger partial charge in [0, 0.05) is 19.0 Å². The molecule has 2 N–H and O–H groups in total. The van der Waals surface area contributed by atoms with Crippen molar-refractivity contribution in [2.75, 3.05) is 6.54 Å². The Morgan fingerprint density at radius 3 is 2.62 bits per heavy atom. The first-order valence-corrected chi connectivity index (χ1v) is 6.46. The maximum atomic E-state index is 4.31. The lowest BCUT2D eigenvalue weighted by Gasteiger charge is -2.15. The average molecular weight is 222 g/mol. The molecular formula is C12H22N4. The van der Waals surface area contributed by atoms with E-state index in [1.54, 1.807) is 0 Å². The van der Waals surface area contributed by atoms with Crippen molar-refractivity contribution in [3.05, 3.63) is 11.6 Å². The van der Waals surface area contributed by atoms with E-state index in [4.69, 9.17) is 0 Å². The smallest absolute Gasteiger partial charge is 0.151 e. The van der Waals surface area contributed by atoms with Crippen LogP contribution in [0.15, 0.2) is 0 Å². The molecular weight excluding hydrogens is 200 g/mol. The van der Waals surface area contributed by atoms with Gasteiger partial charge in [-0.2, -0.15) is 5.10 Å². The van der Waals surface area contributed by atoms with Gasteiger partial charge in [-0.15, -0.1) is 0 Å². The molecule has 1 heterocycles. The van der Waals surface area contributed by atoms with Crippen molar-refractivity contribution in [3.63, 3.8) is 0 Å². The maximum Gasteiger partial charge on any atom is 0.151 e. The molecule has 0 aliphatic heterocycles. The molecule has 0 spiro atoms. The third-order valence-corrected chi connectivity index (χ3v) is 3.28. The van der Waals surface area contributed by atoms with Crippen LogP contribution in [0.2, 0.25) is 0 Å². The minimum Gasteiger partial charge on any atom is -0.314 e. The molecule has 0 bridgehead atoms. The Morgan fingerprint density at radius 1 is 1.25 bits per heavy atom. The van der Waals surface area contributed by atoms with E-state index >= 15 is 0 Å². The zero-order chi connectivity index (χ0) is 11.2. The third kappa shape index (κ3) is 3.59. The monoisotopic (exact) mass is 222 g/mol. The quantitative estimate of drug-likeness (QED) is 0.766. The minimum absolute atomic E-state index is 0.725. The average Bonchev–Trinajstić information content (AvgIpc) is 2.54. The van der Waals surface area contributed by atoms with Gasteiger partial charge in [0.1, 0.15) is 5.82 Å². The predicted octanol–water partition coefficient (Wildman–Crippen LogP) is 1.97. The van der Waals surface area contributed by atoms with E-state index in [9.17, 15) is 0 Å². The number of H-pyrrole nitrogens is 1. The molecule has 1 aliphatic carbocycles. The molecule has 1 aromatic heterocycles. The normalized spacial score (nSPS) is 18.6. The molecule has 0 radical (unpaired) electrons. The number of rotatable bonds is 4. The molecule has 4 nitrogen and oxygen atoms in total. The lowest BCUT2D eigenvalue weighted by Crippen LogP contribution is -2.30. The van der Waals surface area contributed by atoms with Crippen molar-refractivity contribution in [3.8, 4) is 0 Å². The summed E-state index contributed by atoms with van der Waals surface area (Å²) < 4.78 is 0. The van der Waals surface area contributed by atoms with E-state index in [2.05, 4.69) is 20.5 Å². The van der Waals surface area contributed by atoms with Crippen LogP contribution in [0, 0.1) is 6.92 Å². The van der Waals surface area contributed by atoms with Crippen molar-refractivity contribution in [2.45, 2.75) is 57.9 Å². The molecule has 0 atom stereocenters. The minimum atomic E-state index is 0.725. The highest BCUT2D eigenvalue weighted by molar-refractivity contribution is 4.88. The Bertz CT molecular complexity index is 300. The number of aryl methyl sites for hydroxylation is 1. The lowest BCUT2D eigenvalue weighted by molar-refractivity contribution is 0.461. The standard InChI is InChI=1S/C12H22N4/c1-10-14-12(16-15-10)8-9-13-11-6-4-2-3-5-7-11/h11,13H,2-9H2,1H3,(H,14,15,16). The van der Waals surface area contributed by atoms with E-state index in [0.717, 1.165) is 30.7 Å². The zero-order valence-electron chi connectivity index (χ0n) is 10.1. The second-order valence-electron chi connectivity index (χ2n) is 4.73. The summed E-state index contributed by atoms with van der Waals surface area (Å²) >= 11 is 0. The fourth-order valence-electron chi connectivity index (χ4n) is 2.37. The highest BCUT2D eigenvalue weighted by Crippen LogP contribution is 2.16. The highest BCUT2D eigenvalue weighted by Gasteiger charge is 2.11. The first-order valence-electron chi connectivity index (χ1n) is 6.46. The number of aromatic nitrogens is 3. The number of nitrogens with zero attached hydrogens (tertiary/aromatic N) is 2. The molecule has 1 aliphatic rings. The van der Waals surface area contributed by atoms with Crippen LogP contribution in [0.4, 0.5) is 0 Å². The number of hydrogen-bond acceptors (Lipinski definition) is 3. The molecule has 0 amide bonds. The maximum absolute atomic E-state index is 4.31. The Labute approximate surface area is 97.2 Å². The van der Waals surface area contributed by atoms with Crippen LogP contribution in [0.25, 0.3) is 0 Å². The van der Waals surface area contributed by atoms with Crippen LogP contribution in [-0.4, -0.2) is 27.8 Å². The molecule has 1 saturated carbocycles. The van der Waals surface area contributed by atoms with Crippen molar-refractivity contribution >= 4 is 0 Å². The Kier molecular flexibility index (Phi) is 4.34. The summed E-state index contributed by atoms with van der Waals surface area (Å²) in [5.41, 5.74) is 0. The molecule has 1 fully saturated rings. The van der Waals surface area contributed by atoms with Gasteiger partial charge in [-0.3, -0.25) is 5.10 Å². The Morgan fingerprint density at radius 2 is 2.00 bits per heavy atom. The van der Waals surface area contributed by atoms with Gasteiger partial charge in [-0.1, -0.05) is 25.7 Å². The van der Waals surface area contributed by atoms with E-state index in [1.165, 1.54) is 38.5 Å². The number of aromatic amines is 1. The highest BCUT2D eigenvalue weighted by atomic mass is 15.2. The summed E-state index contributed by atoms with van der Waals surface area (Å²) in [7, 11) is 0. The largest absolute Gasteiger partial charge is 0.314 e. The van der Waals surface area contributed by atoms with Gasteiger partial charge in [-0.25, -0.2) is 4.98 Å². The molecule has 4 heteroatoms. The van der Waals surface area contributed by atoms with Crippen LogP contribution in [0.1, 0.15) is 50.2 Å². The van der Waals surface area contributed by atoms with Gasteiger partial charge in [0.25, 0.3) is 0 Å². The molecule has 0 unspecified atom stereocenters. The van der Waals surface area contributed by atoms with Crippen molar-refractivity contribution < 1.29 is 0 Å². The summed E-state index contributed by atoms with van der Waals surface area (Å²) in [5, 5.41) is 10.6. The topological polar surface area (TPSA) is 53.6 Å². The van der Waals surface area contributed by atoms with E-state index in [-0.39, 0.29) is 0 Å². The summed E-state index contributed by atoms with van der Waals surface area (Å²) in [5.74, 6) is 1.84. The Hall–Kier alpha value is -0.900. The molecule has 16 heavy (non-hydrogen) atoms. The summed E-state index contributed by atoms with van der Waals surface area (Å²) in [6.07, 6.45) is 9.21. The first-order chi connectivity index (χ1) is 7.84. The van der Waals surface area contributed by atoms with Crippen molar-refractivity contribution in [2.24, 2.45) is 0 Å².